The summed E-state index contributed by atoms with van der Waals surface area (Å²) in [7, 11) is 0. The maximum absolute atomic E-state index is 12.4. The maximum atomic E-state index is 12.4. The summed E-state index contributed by atoms with van der Waals surface area (Å²) in [5.41, 5.74) is 4.32. The highest BCUT2D eigenvalue weighted by Gasteiger charge is 2.24. The normalized spacial score (nSPS) is 15.4. The van der Waals surface area contributed by atoms with E-state index in [1.807, 2.05) is 38.1 Å². The third kappa shape index (κ3) is 6.66. The third-order valence-electron chi connectivity index (χ3n) is 5.10. The number of hydrogen-bond acceptors (Lipinski definition) is 5. The molecule has 0 atom stereocenters. The fourth-order valence-electron chi connectivity index (χ4n) is 3.16. The van der Waals surface area contributed by atoms with Gasteiger partial charge in [0.05, 0.1) is 20.6 Å². The molecule has 178 valence electrons. The average Bonchev–Trinajstić information content (AvgIpc) is 3.16. The highest BCUT2D eigenvalue weighted by atomic mass is 35.5. The van der Waals surface area contributed by atoms with Crippen molar-refractivity contribution in [2.45, 2.75) is 13.8 Å². The predicted octanol–water partition coefficient (Wildman–Crippen LogP) is 6.52. The Hall–Kier alpha value is -3.26. The summed E-state index contributed by atoms with van der Waals surface area (Å²) in [6.07, 6.45) is 1.74. The number of hydrogen-bond donors (Lipinski definition) is 2. The molecule has 0 unspecified atom stereocenters. The van der Waals surface area contributed by atoms with Gasteiger partial charge >= 0.3 is 0 Å². The molecule has 1 saturated heterocycles. The van der Waals surface area contributed by atoms with Gasteiger partial charge in [0.2, 0.25) is 0 Å². The molecule has 0 spiro atoms. The Kier molecular flexibility index (Phi) is 7.80. The van der Waals surface area contributed by atoms with Crippen molar-refractivity contribution in [2.75, 3.05) is 11.9 Å². The van der Waals surface area contributed by atoms with Crippen LogP contribution in [0.25, 0.3) is 6.08 Å². The van der Waals surface area contributed by atoms with Crippen molar-refractivity contribution < 1.29 is 14.3 Å². The minimum Gasteiger partial charge on any atom is -0.484 e. The van der Waals surface area contributed by atoms with E-state index in [-0.39, 0.29) is 18.4 Å². The van der Waals surface area contributed by atoms with Crippen LogP contribution in [0, 0.1) is 13.8 Å². The Morgan fingerprint density at radius 3 is 2.66 bits per heavy atom. The first kappa shape index (κ1) is 24.9. The first-order chi connectivity index (χ1) is 16.8. The van der Waals surface area contributed by atoms with E-state index in [4.69, 9.17) is 27.9 Å². The zero-order valence-corrected chi connectivity index (χ0v) is 21.2. The Labute approximate surface area is 217 Å². The third-order valence-corrected chi connectivity index (χ3v) is 6.75. The summed E-state index contributed by atoms with van der Waals surface area (Å²) in [6.45, 7) is 3.87. The van der Waals surface area contributed by atoms with E-state index >= 15 is 0 Å². The van der Waals surface area contributed by atoms with Crippen LogP contribution in [0.2, 0.25) is 10.0 Å². The Bertz CT molecular complexity index is 1370. The standard InChI is InChI=1S/C26H21Cl2N3O3S/c1-15-6-7-18(10-16(15)2)29-24(32)14-34-20-5-3-4-17(11-20)12-23-25(33)31-26(35-23)30-19-8-9-21(27)22(28)13-19/h3-13H,14H2,1-2H3,(H,29,32)(H,30,31,33)/b23-12-. The molecular formula is C26H21Cl2N3O3S. The molecule has 2 amide bonds. The molecule has 3 aromatic rings. The molecule has 2 N–H and O–H groups in total. The fraction of sp³-hybridized carbons (Fsp3) is 0.115. The van der Waals surface area contributed by atoms with Gasteiger partial charge in [0, 0.05) is 5.69 Å². The minimum absolute atomic E-state index is 0.136. The van der Waals surface area contributed by atoms with E-state index in [0.29, 0.717) is 31.6 Å². The van der Waals surface area contributed by atoms with Crippen LogP contribution in [0.3, 0.4) is 0 Å². The number of anilines is 1. The molecule has 0 radical (unpaired) electrons. The minimum atomic E-state index is -0.258. The summed E-state index contributed by atoms with van der Waals surface area (Å²) >= 11 is 13.2. The van der Waals surface area contributed by atoms with Crippen molar-refractivity contribution >= 4 is 69.4 Å². The van der Waals surface area contributed by atoms with Gasteiger partial charge in [0.25, 0.3) is 11.8 Å². The lowest BCUT2D eigenvalue weighted by molar-refractivity contribution is -0.118. The van der Waals surface area contributed by atoms with Gasteiger partial charge in [-0.15, -0.1) is 0 Å². The van der Waals surface area contributed by atoms with Crippen LogP contribution in [0.5, 0.6) is 5.75 Å². The Balaban J connectivity index is 1.39. The maximum Gasteiger partial charge on any atom is 0.264 e. The fourth-order valence-corrected chi connectivity index (χ4v) is 4.30. The van der Waals surface area contributed by atoms with Crippen LogP contribution in [0.1, 0.15) is 16.7 Å². The Morgan fingerprint density at radius 1 is 1.06 bits per heavy atom. The van der Waals surface area contributed by atoms with Gasteiger partial charge in [-0.2, -0.15) is 0 Å². The summed E-state index contributed by atoms with van der Waals surface area (Å²) in [5.74, 6) is 0.00137. The van der Waals surface area contributed by atoms with E-state index in [9.17, 15) is 9.59 Å². The zero-order chi connectivity index (χ0) is 24.9. The number of carbonyl (C=O) groups excluding carboxylic acids is 2. The molecular weight excluding hydrogens is 505 g/mol. The largest absolute Gasteiger partial charge is 0.484 e. The number of nitrogens with zero attached hydrogens (tertiary/aromatic N) is 1. The van der Waals surface area contributed by atoms with Gasteiger partial charge < -0.3 is 15.4 Å². The van der Waals surface area contributed by atoms with Crippen LogP contribution in [-0.2, 0) is 9.59 Å². The lowest BCUT2D eigenvalue weighted by atomic mass is 10.1. The molecule has 0 saturated carbocycles. The van der Waals surface area contributed by atoms with Gasteiger partial charge in [-0.05, 0) is 90.8 Å². The van der Waals surface area contributed by atoms with Crippen LogP contribution in [0.4, 0.5) is 11.4 Å². The van der Waals surface area contributed by atoms with Crippen molar-refractivity contribution in [1.29, 1.82) is 0 Å². The SMILES string of the molecule is Cc1ccc(NC(=O)COc2cccc(/C=C3\SC(=Nc4ccc(Cl)c(Cl)c4)NC3=O)c2)cc1C. The molecule has 35 heavy (non-hydrogen) atoms. The number of rotatable bonds is 6. The number of nitrogens with one attached hydrogen (secondary N) is 2. The zero-order valence-electron chi connectivity index (χ0n) is 18.9. The number of thioether (sulfide) groups is 1. The number of carbonyl (C=O) groups is 2. The molecule has 0 bridgehead atoms. The van der Waals surface area contributed by atoms with Crippen molar-refractivity contribution in [3.05, 3.63) is 92.3 Å². The molecule has 1 fully saturated rings. The number of aryl methyl sites for hydroxylation is 2. The van der Waals surface area contributed by atoms with Crippen molar-refractivity contribution in [3.63, 3.8) is 0 Å². The van der Waals surface area contributed by atoms with Crippen LogP contribution in [0.15, 0.2) is 70.6 Å². The van der Waals surface area contributed by atoms with Gasteiger partial charge in [-0.25, -0.2) is 4.99 Å². The molecule has 1 aliphatic heterocycles. The highest BCUT2D eigenvalue weighted by Crippen LogP contribution is 2.31. The molecule has 0 aliphatic carbocycles. The van der Waals surface area contributed by atoms with Gasteiger partial charge in [0.15, 0.2) is 11.8 Å². The monoisotopic (exact) mass is 525 g/mol. The summed E-state index contributed by atoms with van der Waals surface area (Å²) in [6, 6.07) is 17.9. The summed E-state index contributed by atoms with van der Waals surface area (Å²) < 4.78 is 5.65. The molecule has 1 aliphatic rings. The quantitative estimate of drug-likeness (QED) is 0.359. The van der Waals surface area contributed by atoms with Gasteiger partial charge in [0.1, 0.15) is 5.75 Å². The first-order valence-electron chi connectivity index (χ1n) is 10.6. The van der Waals surface area contributed by atoms with Crippen molar-refractivity contribution in [3.8, 4) is 5.75 Å². The van der Waals surface area contributed by atoms with E-state index in [0.717, 1.165) is 22.4 Å². The molecule has 1 heterocycles. The second kappa shape index (κ2) is 11.0. The molecule has 4 rings (SSSR count). The van der Waals surface area contributed by atoms with E-state index in [1.54, 1.807) is 42.5 Å². The topological polar surface area (TPSA) is 79.8 Å². The van der Waals surface area contributed by atoms with Crippen LogP contribution in [-0.4, -0.2) is 23.6 Å². The average molecular weight is 526 g/mol. The number of amidine groups is 1. The number of aliphatic imine (C=N–C) groups is 1. The Morgan fingerprint density at radius 2 is 1.89 bits per heavy atom. The van der Waals surface area contributed by atoms with Gasteiger partial charge in [-0.3, -0.25) is 9.59 Å². The summed E-state index contributed by atoms with van der Waals surface area (Å²) in [5, 5.41) is 6.83. The predicted molar refractivity (Wildman–Crippen MR) is 144 cm³/mol. The second-order valence-electron chi connectivity index (χ2n) is 7.79. The number of ether oxygens (including phenoxy) is 1. The van der Waals surface area contributed by atoms with E-state index in [1.165, 1.54) is 11.8 Å². The van der Waals surface area contributed by atoms with Gasteiger partial charge in [-0.1, -0.05) is 41.4 Å². The van der Waals surface area contributed by atoms with Crippen molar-refractivity contribution in [1.82, 2.24) is 5.32 Å². The molecule has 0 aromatic heterocycles. The van der Waals surface area contributed by atoms with Crippen molar-refractivity contribution in [2.24, 2.45) is 4.99 Å². The van der Waals surface area contributed by atoms with Crippen LogP contribution >= 0.6 is 35.0 Å². The lowest BCUT2D eigenvalue weighted by Gasteiger charge is -2.09. The molecule has 3 aromatic carbocycles. The van der Waals surface area contributed by atoms with Crippen LogP contribution < -0.4 is 15.4 Å². The van der Waals surface area contributed by atoms with E-state index < -0.39 is 0 Å². The first-order valence-corrected chi connectivity index (χ1v) is 12.2. The molecule has 9 heteroatoms. The number of benzene rings is 3. The second-order valence-corrected chi connectivity index (χ2v) is 9.63. The lowest BCUT2D eigenvalue weighted by Crippen LogP contribution is -2.20. The summed E-state index contributed by atoms with van der Waals surface area (Å²) in [4.78, 5) is 29.6. The molecule has 6 nitrogen and oxygen atoms in total. The smallest absolute Gasteiger partial charge is 0.264 e. The number of amides is 2. The number of halogens is 2. The van der Waals surface area contributed by atoms with E-state index in [2.05, 4.69) is 15.6 Å². The highest BCUT2D eigenvalue weighted by molar-refractivity contribution is 8.18.